The fraction of sp³-hybridized carbons (Fsp3) is 0.667. The molecule has 8 nitrogen and oxygen atoms in total. The highest BCUT2D eigenvalue weighted by molar-refractivity contribution is 6.46. The third kappa shape index (κ3) is 5.73. The van der Waals surface area contributed by atoms with Crippen molar-refractivity contribution in [2.45, 2.75) is 44.1 Å². The zero-order valence-electron chi connectivity index (χ0n) is 17.6. The van der Waals surface area contributed by atoms with Crippen LogP contribution in [0.15, 0.2) is 18.2 Å². The molecule has 0 radical (unpaired) electrons. The van der Waals surface area contributed by atoms with Gasteiger partial charge in [0, 0.05) is 32.3 Å². The van der Waals surface area contributed by atoms with Gasteiger partial charge in [0.15, 0.2) is 0 Å². The van der Waals surface area contributed by atoms with Crippen LogP contribution in [0, 0.1) is 11.8 Å². The number of fused-ring (bicyclic) bond motifs is 1. The molecule has 166 valence electrons. The molecule has 1 heterocycles. The lowest BCUT2D eigenvalue weighted by Gasteiger charge is -2.35. The van der Waals surface area contributed by atoms with Crippen LogP contribution < -0.4 is 20.6 Å². The Morgan fingerprint density at radius 3 is 2.67 bits per heavy atom. The number of carbonyl (C=O) groups is 1. The highest BCUT2D eigenvalue weighted by Crippen LogP contribution is 2.32. The van der Waals surface area contributed by atoms with E-state index < -0.39 is 13.1 Å². The number of nitrogens with one attached hydrogen (secondary N) is 3. The average molecular weight is 419 g/mol. The van der Waals surface area contributed by atoms with Crippen LogP contribution in [0.4, 0.5) is 0 Å². The molecule has 3 rings (SSSR count). The summed E-state index contributed by atoms with van der Waals surface area (Å²) in [6, 6.07) is 5.55. The van der Waals surface area contributed by atoms with Crippen LogP contribution in [0.5, 0.6) is 5.75 Å². The van der Waals surface area contributed by atoms with E-state index in [9.17, 15) is 20.0 Å². The van der Waals surface area contributed by atoms with Gasteiger partial charge in [0.05, 0.1) is 11.5 Å². The highest BCUT2D eigenvalue weighted by Gasteiger charge is 2.37. The molecule has 9 heteroatoms. The SMILES string of the molecule is CNCCNC1CCC(C(CO)CN[C@H]2Cc3cccc(C(=O)O)c3OB2O)CC1. The smallest absolute Gasteiger partial charge is 0.534 e. The lowest BCUT2D eigenvalue weighted by Crippen LogP contribution is -2.53. The summed E-state index contributed by atoms with van der Waals surface area (Å²) in [6.07, 6.45) is 4.88. The minimum Gasteiger partial charge on any atom is -0.534 e. The van der Waals surface area contributed by atoms with Gasteiger partial charge in [-0.15, -0.1) is 0 Å². The predicted molar refractivity (Wildman–Crippen MR) is 116 cm³/mol. The molecule has 1 fully saturated rings. The second-order valence-electron chi connectivity index (χ2n) is 8.44. The number of likely N-dealkylation sites (N-methyl/N-ethyl adjacent to an activating group) is 1. The number of para-hydroxylation sites is 1. The number of rotatable bonds is 10. The van der Waals surface area contributed by atoms with Crippen molar-refractivity contribution in [1.29, 1.82) is 0 Å². The monoisotopic (exact) mass is 419 g/mol. The van der Waals surface area contributed by atoms with Gasteiger partial charge in [-0.05, 0) is 62.6 Å². The highest BCUT2D eigenvalue weighted by atomic mass is 16.5. The van der Waals surface area contributed by atoms with Crippen molar-refractivity contribution < 1.29 is 24.7 Å². The minimum atomic E-state index is -1.12. The van der Waals surface area contributed by atoms with Crippen molar-refractivity contribution in [2.24, 2.45) is 11.8 Å². The standard InChI is InChI=1S/C21H34BN3O5/c1-23-9-10-24-17-7-5-14(6-8-17)16(13-26)12-25-19-11-15-3-2-4-18(21(27)28)20(15)30-22(19)29/h2-4,14,16-17,19,23-26,29H,5-13H2,1H3,(H,27,28)/t14?,16?,17?,19-/m0/s1. The molecule has 1 aliphatic carbocycles. The molecule has 0 bridgehead atoms. The van der Waals surface area contributed by atoms with Crippen molar-refractivity contribution in [1.82, 2.24) is 16.0 Å². The first-order valence-corrected chi connectivity index (χ1v) is 11.0. The second kappa shape index (κ2) is 11.1. The summed E-state index contributed by atoms with van der Waals surface area (Å²) in [5.74, 6) is -0.574. The Balaban J connectivity index is 1.51. The number of aromatic carboxylic acids is 1. The van der Waals surface area contributed by atoms with Crippen LogP contribution in [0.25, 0.3) is 0 Å². The fourth-order valence-corrected chi connectivity index (χ4v) is 4.65. The average Bonchev–Trinajstić information content (AvgIpc) is 2.75. The summed E-state index contributed by atoms with van der Waals surface area (Å²) < 4.78 is 5.55. The van der Waals surface area contributed by atoms with Crippen molar-refractivity contribution in [3.8, 4) is 5.75 Å². The number of benzene rings is 1. The molecule has 30 heavy (non-hydrogen) atoms. The van der Waals surface area contributed by atoms with Gasteiger partial charge in [-0.3, -0.25) is 0 Å². The Hall–Kier alpha value is -1.65. The van der Waals surface area contributed by atoms with Crippen molar-refractivity contribution in [3.63, 3.8) is 0 Å². The largest absolute Gasteiger partial charge is 0.541 e. The van der Waals surface area contributed by atoms with Crippen molar-refractivity contribution in [2.75, 3.05) is 33.3 Å². The van der Waals surface area contributed by atoms with Crippen molar-refractivity contribution in [3.05, 3.63) is 29.3 Å². The molecule has 2 atom stereocenters. The summed E-state index contributed by atoms with van der Waals surface area (Å²) >= 11 is 0. The molecule has 6 N–H and O–H groups in total. The Morgan fingerprint density at radius 2 is 2.00 bits per heavy atom. The Labute approximate surface area is 178 Å². The molecule has 1 saturated carbocycles. The third-order valence-electron chi connectivity index (χ3n) is 6.47. The number of carboxylic acid groups (broad SMARTS) is 1. The predicted octanol–water partition coefficient (Wildman–Crippen LogP) is 0.274. The third-order valence-corrected chi connectivity index (χ3v) is 6.47. The number of aliphatic hydroxyl groups is 1. The molecule has 0 spiro atoms. The van der Waals surface area contributed by atoms with E-state index in [1.54, 1.807) is 6.07 Å². The molecule has 2 aliphatic rings. The lowest BCUT2D eigenvalue weighted by atomic mass is 9.71. The zero-order valence-corrected chi connectivity index (χ0v) is 17.6. The van der Waals surface area contributed by atoms with Crippen LogP contribution >= 0.6 is 0 Å². The molecular weight excluding hydrogens is 385 g/mol. The first-order valence-electron chi connectivity index (χ1n) is 11.0. The van der Waals surface area contributed by atoms with E-state index in [0.29, 0.717) is 24.9 Å². The lowest BCUT2D eigenvalue weighted by molar-refractivity contribution is 0.0694. The Kier molecular flexibility index (Phi) is 8.53. The summed E-state index contributed by atoms with van der Waals surface area (Å²) in [5.41, 5.74) is 0.838. The number of aliphatic hydroxyl groups excluding tert-OH is 1. The number of carboxylic acids is 1. The summed E-state index contributed by atoms with van der Waals surface area (Å²) in [7, 11) is 0.833. The van der Waals surface area contributed by atoms with Gasteiger partial charge >= 0.3 is 13.1 Å². The Bertz CT molecular complexity index is 699. The van der Waals surface area contributed by atoms with Crippen LogP contribution in [0.3, 0.4) is 0 Å². The number of hydrogen-bond donors (Lipinski definition) is 6. The fourth-order valence-electron chi connectivity index (χ4n) is 4.65. The van der Waals surface area contributed by atoms with Gasteiger partial charge in [0.2, 0.25) is 0 Å². The molecular formula is C21H34BN3O5. The van der Waals surface area contributed by atoms with Crippen LogP contribution in [0.1, 0.15) is 41.6 Å². The number of hydrogen-bond acceptors (Lipinski definition) is 7. The first kappa shape index (κ1) is 23.0. The van der Waals surface area contributed by atoms with E-state index >= 15 is 0 Å². The van der Waals surface area contributed by atoms with Gasteiger partial charge in [0.1, 0.15) is 5.75 Å². The van der Waals surface area contributed by atoms with E-state index in [0.717, 1.165) is 44.3 Å². The maximum atomic E-state index is 11.4. The van der Waals surface area contributed by atoms with Gasteiger partial charge in [-0.1, -0.05) is 12.1 Å². The van der Waals surface area contributed by atoms with E-state index in [1.807, 2.05) is 13.1 Å². The van der Waals surface area contributed by atoms with E-state index in [1.165, 1.54) is 6.07 Å². The first-order chi connectivity index (χ1) is 14.5. The molecule has 0 amide bonds. The quantitative estimate of drug-likeness (QED) is 0.236. The molecule has 1 aliphatic heterocycles. The molecule has 1 aromatic carbocycles. The van der Waals surface area contributed by atoms with Gasteiger partial charge in [-0.2, -0.15) is 0 Å². The Morgan fingerprint density at radius 1 is 1.23 bits per heavy atom. The van der Waals surface area contributed by atoms with Gasteiger partial charge in [0.25, 0.3) is 0 Å². The summed E-state index contributed by atoms with van der Waals surface area (Å²) in [6.45, 7) is 2.64. The zero-order chi connectivity index (χ0) is 21.5. The molecule has 1 aromatic rings. The second-order valence-corrected chi connectivity index (χ2v) is 8.44. The molecule has 1 unspecified atom stereocenters. The maximum absolute atomic E-state index is 11.4. The summed E-state index contributed by atoms with van der Waals surface area (Å²) in [5, 5.41) is 39.7. The van der Waals surface area contributed by atoms with Crippen LogP contribution in [0.2, 0.25) is 0 Å². The van der Waals surface area contributed by atoms with E-state index in [4.69, 9.17) is 4.65 Å². The van der Waals surface area contributed by atoms with Crippen molar-refractivity contribution >= 4 is 13.1 Å². The maximum Gasteiger partial charge on any atom is 0.541 e. The minimum absolute atomic E-state index is 0.0679. The molecule has 0 saturated heterocycles. The van der Waals surface area contributed by atoms with E-state index in [-0.39, 0.29) is 29.8 Å². The van der Waals surface area contributed by atoms with Crippen LogP contribution in [-0.4, -0.2) is 73.6 Å². The topological polar surface area (TPSA) is 123 Å². The molecule has 0 aromatic heterocycles. The van der Waals surface area contributed by atoms with Gasteiger partial charge in [-0.25, -0.2) is 4.79 Å². The normalized spacial score (nSPS) is 24.8. The van der Waals surface area contributed by atoms with Crippen LogP contribution in [-0.2, 0) is 6.42 Å². The van der Waals surface area contributed by atoms with Gasteiger partial charge < -0.3 is 35.8 Å². The summed E-state index contributed by atoms with van der Waals surface area (Å²) in [4.78, 5) is 11.4. The van der Waals surface area contributed by atoms with E-state index in [2.05, 4.69) is 16.0 Å².